The van der Waals surface area contributed by atoms with E-state index in [9.17, 15) is 4.79 Å². The number of benzene rings is 1. The maximum Gasteiger partial charge on any atom is 0.138 e. The number of nitrogens with zero attached hydrogens (tertiary/aromatic N) is 1. The Morgan fingerprint density at radius 3 is 2.89 bits per heavy atom. The molecule has 0 aromatic heterocycles. The minimum absolute atomic E-state index is 0.218. The standard InChI is InChI=1S/C15H20BrNO2/c1-3-12-10-17(7-6-14(12)18)9-11-4-5-15(19-2)13(16)8-11/h4-5,8,12H,3,6-7,9-10H2,1-2H3. The van der Waals surface area contributed by atoms with Crippen LogP contribution in [0.3, 0.4) is 0 Å². The number of piperidine rings is 1. The predicted molar refractivity (Wildman–Crippen MR) is 79.4 cm³/mol. The summed E-state index contributed by atoms with van der Waals surface area (Å²) in [5.74, 6) is 1.49. The molecule has 3 nitrogen and oxygen atoms in total. The van der Waals surface area contributed by atoms with Gasteiger partial charge in [0.2, 0.25) is 0 Å². The Kier molecular flexibility index (Phi) is 4.99. The highest BCUT2D eigenvalue weighted by atomic mass is 79.9. The molecular formula is C15H20BrNO2. The van der Waals surface area contributed by atoms with Gasteiger partial charge in [0.15, 0.2) is 0 Å². The van der Waals surface area contributed by atoms with Gasteiger partial charge in [-0.2, -0.15) is 0 Å². The van der Waals surface area contributed by atoms with E-state index in [1.54, 1.807) is 7.11 Å². The van der Waals surface area contributed by atoms with Gasteiger partial charge in [-0.05, 0) is 40.0 Å². The van der Waals surface area contributed by atoms with Crippen molar-refractivity contribution >= 4 is 21.7 Å². The average molecular weight is 326 g/mol. The van der Waals surface area contributed by atoms with Crippen molar-refractivity contribution in [2.45, 2.75) is 26.3 Å². The molecular weight excluding hydrogens is 306 g/mol. The zero-order chi connectivity index (χ0) is 13.8. The Hall–Kier alpha value is -0.870. The van der Waals surface area contributed by atoms with E-state index in [-0.39, 0.29) is 5.92 Å². The summed E-state index contributed by atoms with van der Waals surface area (Å²) in [6.07, 6.45) is 1.64. The molecule has 19 heavy (non-hydrogen) atoms. The molecule has 1 aliphatic rings. The number of likely N-dealkylation sites (tertiary alicyclic amines) is 1. The van der Waals surface area contributed by atoms with Gasteiger partial charge >= 0.3 is 0 Å². The summed E-state index contributed by atoms with van der Waals surface area (Å²) < 4.78 is 6.21. The van der Waals surface area contributed by atoms with Crippen LogP contribution in [-0.4, -0.2) is 30.9 Å². The number of rotatable bonds is 4. The van der Waals surface area contributed by atoms with Crippen molar-refractivity contribution in [3.63, 3.8) is 0 Å². The van der Waals surface area contributed by atoms with Gasteiger partial charge in [0.25, 0.3) is 0 Å². The topological polar surface area (TPSA) is 29.5 Å². The van der Waals surface area contributed by atoms with E-state index in [4.69, 9.17) is 4.74 Å². The Morgan fingerprint density at radius 1 is 1.47 bits per heavy atom. The number of ketones is 1. The summed E-state index contributed by atoms with van der Waals surface area (Å²) in [6.45, 7) is 4.75. The third-order valence-electron chi connectivity index (χ3n) is 3.72. The quantitative estimate of drug-likeness (QED) is 0.851. The zero-order valence-electron chi connectivity index (χ0n) is 11.5. The Morgan fingerprint density at radius 2 is 2.26 bits per heavy atom. The second kappa shape index (κ2) is 6.53. The van der Waals surface area contributed by atoms with Crippen LogP contribution in [0, 0.1) is 5.92 Å². The maximum atomic E-state index is 11.7. The first-order valence-electron chi connectivity index (χ1n) is 6.71. The van der Waals surface area contributed by atoms with E-state index >= 15 is 0 Å². The van der Waals surface area contributed by atoms with Crippen LogP contribution in [0.4, 0.5) is 0 Å². The second-order valence-electron chi connectivity index (χ2n) is 5.03. The molecule has 104 valence electrons. The molecule has 1 saturated heterocycles. The fraction of sp³-hybridized carbons (Fsp3) is 0.533. The Balaban J connectivity index is 2.01. The van der Waals surface area contributed by atoms with E-state index < -0.39 is 0 Å². The third-order valence-corrected chi connectivity index (χ3v) is 4.34. The van der Waals surface area contributed by atoms with Gasteiger partial charge in [0.05, 0.1) is 11.6 Å². The number of ether oxygens (including phenoxy) is 1. The summed E-state index contributed by atoms with van der Waals surface area (Å²) in [5.41, 5.74) is 1.25. The molecule has 1 aromatic rings. The van der Waals surface area contributed by atoms with Crippen molar-refractivity contribution in [2.24, 2.45) is 5.92 Å². The Bertz CT molecular complexity index is 461. The predicted octanol–water partition coefficient (Wildman–Crippen LogP) is 3.26. The minimum atomic E-state index is 0.218. The summed E-state index contributed by atoms with van der Waals surface area (Å²) in [6, 6.07) is 6.16. The average Bonchev–Trinajstić information content (AvgIpc) is 2.41. The molecule has 1 unspecified atom stereocenters. The monoisotopic (exact) mass is 325 g/mol. The summed E-state index contributed by atoms with van der Waals surface area (Å²) in [4.78, 5) is 14.1. The normalized spacial score (nSPS) is 20.6. The van der Waals surface area contributed by atoms with Crippen LogP contribution in [0.2, 0.25) is 0 Å². The molecule has 1 heterocycles. The van der Waals surface area contributed by atoms with Crippen molar-refractivity contribution in [1.29, 1.82) is 0 Å². The van der Waals surface area contributed by atoms with E-state index in [0.717, 1.165) is 36.3 Å². The van der Waals surface area contributed by atoms with E-state index in [2.05, 4.69) is 39.9 Å². The lowest BCUT2D eigenvalue weighted by atomic mass is 9.94. The van der Waals surface area contributed by atoms with E-state index in [1.807, 2.05) is 6.07 Å². The van der Waals surface area contributed by atoms with Crippen molar-refractivity contribution in [3.8, 4) is 5.75 Å². The molecule has 1 fully saturated rings. The largest absolute Gasteiger partial charge is 0.496 e. The third kappa shape index (κ3) is 3.57. The highest BCUT2D eigenvalue weighted by Crippen LogP contribution is 2.27. The molecule has 1 atom stereocenters. The van der Waals surface area contributed by atoms with Gasteiger partial charge in [-0.3, -0.25) is 9.69 Å². The van der Waals surface area contributed by atoms with Gasteiger partial charge in [-0.1, -0.05) is 13.0 Å². The molecule has 0 radical (unpaired) electrons. The van der Waals surface area contributed by atoms with Crippen molar-refractivity contribution in [1.82, 2.24) is 4.90 Å². The molecule has 0 saturated carbocycles. The lowest BCUT2D eigenvalue weighted by Gasteiger charge is -2.31. The van der Waals surface area contributed by atoms with Gasteiger partial charge in [-0.15, -0.1) is 0 Å². The molecule has 1 aliphatic heterocycles. The first-order valence-corrected chi connectivity index (χ1v) is 7.50. The molecule has 1 aromatic carbocycles. The number of methoxy groups -OCH3 is 1. The fourth-order valence-corrected chi connectivity index (χ4v) is 3.13. The van der Waals surface area contributed by atoms with Crippen LogP contribution in [0.5, 0.6) is 5.75 Å². The van der Waals surface area contributed by atoms with Crippen LogP contribution in [0.1, 0.15) is 25.3 Å². The van der Waals surface area contributed by atoms with Gasteiger partial charge < -0.3 is 4.74 Å². The highest BCUT2D eigenvalue weighted by molar-refractivity contribution is 9.10. The maximum absolute atomic E-state index is 11.7. The van der Waals surface area contributed by atoms with Crippen molar-refractivity contribution in [3.05, 3.63) is 28.2 Å². The molecule has 0 spiro atoms. The highest BCUT2D eigenvalue weighted by Gasteiger charge is 2.25. The summed E-state index contributed by atoms with van der Waals surface area (Å²) >= 11 is 3.51. The van der Waals surface area contributed by atoms with Gasteiger partial charge in [0.1, 0.15) is 11.5 Å². The summed E-state index contributed by atoms with van der Waals surface area (Å²) in [7, 11) is 1.67. The van der Waals surface area contributed by atoms with Gasteiger partial charge in [-0.25, -0.2) is 0 Å². The SMILES string of the molecule is CCC1CN(Cc2ccc(OC)c(Br)c2)CCC1=O. The number of hydrogen-bond acceptors (Lipinski definition) is 3. The molecule has 0 amide bonds. The van der Waals surface area contributed by atoms with Crippen LogP contribution >= 0.6 is 15.9 Å². The van der Waals surface area contributed by atoms with E-state index in [1.165, 1.54) is 5.56 Å². The number of halogens is 1. The molecule has 0 aliphatic carbocycles. The molecule has 0 bridgehead atoms. The van der Waals surface area contributed by atoms with Crippen LogP contribution in [-0.2, 0) is 11.3 Å². The smallest absolute Gasteiger partial charge is 0.138 e. The number of carbonyl (C=O) groups excluding carboxylic acids is 1. The van der Waals surface area contributed by atoms with Crippen LogP contribution in [0.15, 0.2) is 22.7 Å². The zero-order valence-corrected chi connectivity index (χ0v) is 13.1. The summed E-state index contributed by atoms with van der Waals surface area (Å²) in [5, 5.41) is 0. The van der Waals surface area contributed by atoms with Crippen molar-refractivity contribution < 1.29 is 9.53 Å². The minimum Gasteiger partial charge on any atom is -0.496 e. The number of Topliss-reactive ketones (excluding diaryl/α,β-unsaturated/α-hetero) is 1. The molecule has 4 heteroatoms. The molecule has 2 rings (SSSR count). The lowest BCUT2D eigenvalue weighted by molar-refractivity contribution is -0.126. The number of hydrogen-bond donors (Lipinski definition) is 0. The van der Waals surface area contributed by atoms with Crippen molar-refractivity contribution in [2.75, 3.05) is 20.2 Å². The van der Waals surface area contributed by atoms with Crippen LogP contribution in [0.25, 0.3) is 0 Å². The second-order valence-corrected chi connectivity index (χ2v) is 5.88. The number of carbonyl (C=O) groups is 1. The van der Waals surface area contributed by atoms with Crippen LogP contribution < -0.4 is 4.74 Å². The first kappa shape index (κ1) is 14.5. The van der Waals surface area contributed by atoms with Gasteiger partial charge in [0, 0.05) is 32.0 Å². The fourth-order valence-electron chi connectivity index (χ4n) is 2.54. The molecule has 0 N–H and O–H groups in total. The lowest BCUT2D eigenvalue weighted by Crippen LogP contribution is -2.40. The first-order chi connectivity index (χ1) is 9.13. The Labute approximate surface area is 123 Å². The van der Waals surface area contributed by atoms with E-state index in [0.29, 0.717) is 12.2 Å².